The van der Waals surface area contributed by atoms with Crippen molar-refractivity contribution in [1.29, 1.82) is 0 Å². The van der Waals surface area contributed by atoms with Gasteiger partial charge in [-0.15, -0.1) is 0 Å². The van der Waals surface area contributed by atoms with Crippen molar-refractivity contribution in [3.63, 3.8) is 0 Å². The number of alkyl halides is 2. The number of benzene rings is 1. The predicted octanol–water partition coefficient (Wildman–Crippen LogP) is 3.45. The minimum Gasteiger partial charge on any atom is -0.380 e. The van der Waals surface area contributed by atoms with Crippen LogP contribution in [0.25, 0.3) is 0 Å². The van der Waals surface area contributed by atoms with Crippen molar-refractivity contribution >= 4 is 11.6 Å². The van der Waals surface area contributed by atoms with Crippen molar-refractivity contribution < 1.29 is 18.0 Å². The standard InChI is InChI=1S/C22H25F3N4O2/c1-12(14-3-2-4-15(20(14)23)21(24)25)27-22(31)16-10-26-19(30)9-17(16)28-18-11-29-7-5-13(18)6-8-29/h2-4,9-10,12-13,18,21H,5-8,11H2,1H3,(H,27,31)(H2,26,28,30)/t12-,18+/m1/s1. The van der Waals surface area contributed by atoms with E-state index >= 15 is 0 Å². The molecule has 1 aromatic carbocycles. The molecule has 9 heteroatoms. The predicted molar refractivity (Wildman–Crippen MR) is 111 cm³/mol. The Morgan fingerprint density at radius 3 is 2.58 bits per heavy atom. The number of carbonyl (C=O) groups is 1. The Bertz CT molecular complexity index is 1020. The Kier molecular flexibility index (Phi) is 6.04. The first-order valence-corrected chi connectivity index (χ1v) is 10.4. The van der Waals surface area contributed by atoms with Gasteiger partial charge in [0, 0.05) is 30.4 Å². The second kappa shape index (κ2) is 8.74. The monoisotopic (exact) mass is 434 g/mol. The number of fused-ring (bicyclic) bond motifs is 3. The lowest BCUT2D eigenvalue weighted by Crippen LogP contribution is -2.53. The summed E-state index contributed by atoms with van der Waals surface area (Å²) >= 11 is 0. The topological polar surface area (TPSA) is 77.2 Å². The van der Waals surface area contributed by atoms with Crippen LogP contribution in [0, 0.1) is 11.7 Å². The molecule has 3 saturated heterocycles. The van der Waals surface area contributed by atoms with Crippen LogP contribution in [0.2, 0.25) is 0 Å². The summed E-state index contributed by atoms with van der Waals surface area (Å²) in [7, 11) is 0. The smallest absolute Gasteiger partial charge is 0.266 e. The third kappa shape index (κ3) is 4.46. The van der Waals surface area contributed by atoms with Crippen LogP contribution < -0.4 is 16.2 Å². The van der Waals surface area contributed by atoms with Crippen LogP contribution in [-0.4, -0.2) is 41.5 Å². The first-order chi connectivity index (χ1) is 14.8. The molecule has 4 heterocycles. The molecule has 0 spiro atoms. The lowest BCUT2D eigenvalue weighted by molar-refractivity contribution is 0.0934. The van der Waals surface area contributed by atoms with E-state index in [4.69, 9.17) is 0 Å². The first kappa shape index (κ1) is 21.4. The number of pyridine rings is 1. The van der Waals surface area contributed by atoms with Crippen molar-refractivity contribution in [2.45, 2.75) is 38.3 Å². The lowest BCUT2D eigenvalue weighted by Gasteiger charge is -2.45. The molecule has 0 unspecified atom stereocenters. The summed E-state index contributed by atoms with van der Waals surface area (Å²) in [5, 5.41) is 6.01. The molecule has 1 aromatic heterocycles. The van der Waals surface area contributed by atoms with Gasteiger partial charge in [0.15, 0.2) is 0 Å². The van der Waals surface area contributed by atoms with Crippen LogP contribution in [0.15, 0.2) is 35.3 Å². The van der Waals surface area contributed by atoms with E-state index in [9.17, 15) is 22.8 Å². The fourth-order valence-electron chi connectivity index (χ4n) is 4.53. The summed E-state index contributed by atoms with van der Waals surface area (Å²) in [6.07, 6.45) is 0.512. The highest BCUT2D eigenvalue weighted by Gasteiger charge is 2.34. The van der Waals surface area contributed by atoms with Crippen LogP contribution in [-0.2, 0) is 0 Å². The lowest BCUT2D eigenvalue weighted by atomic mass is 9.84. The van der Waals surface area contributed by atoms with Gasteiger partial charge in [0.2, 0.25) is 5.56 Å². The van der Waals surface area contributed by atoms with Gasteiger partial charge in [0.05, 0.1) is 22.9 Å². The van der Waals surface area contributed by atoms with Gasteiger partial charge in [0.1, 0.15) is 5.82 Å². The molecule has 0 saturated carbocycles. The molecule has 2 atom stereocenters. The molecule has 3 aliphatic heterocycles. The van der Waals surface area contributed by atoms with Crippen molar-refractivity contribution in [1.82, 2.24) is 15.2 Å². The molecule has 1 amide bonds. The Labute approximate surface area is 177 Å². The highest BCUT2D eigenvalue weighted by atomic mass is 19.3. The van der Waals surface area contributed by atoms with Crippen LogP contribution in [0.5, 0.6) is 0 Å². The average molecular weight is 434 g/mol. The Hall–Kier alpha value is -2.81. The van der Waals surface area contributed by atoms with Crippen molar-refractivity contribution in [3.8, 4) is 0 Å². The number of nitrogens with zero attached hydrogens (tertiary/aromatic N) is 1. The average Bonchev–Trinajstić information content (AvgIpc) is 2.74. The van der Waals surface area contributed by atoms with E-state index in [1.54, 1.807) is 0 Å². The van der Waals surface area contributed by atoms with E-state index < -0.39 is 29.8 Å². The largest absolute Gasteiger partial charge is 0.380 e. The fourth-order valence-corrected chi connectivity index (χ4v) is 4.53. The number of halogens is 3. The number of amides is 1. The summed E-state index contributed by atoms with van der Waals surface area (Å²) in [4.78, 5) is 29.7. The minimum absolute atomic E-state index is 0.0255. The number of rotatable bonds is 6. The maximum absolute atomic E-state index is 14.5. The van der Waals surface area contributed by atoms with E-state index in [1.807, 2.05) is 0 Å². The molecular weight excluding hydrogens is 409 g/mol. The van der Waals surface area contributed by atoms with Gasteiger partial charge in [-0.1, -0.05) is 18.2 Å². The van der Waals surface area contributed by atoms with Gasteiger partial charge in [-0.2, -0.15) is 0 Å². The van der Waals surface area contributed by atoms with Gasteiger partial charge in [0.25, 0.3) is 12.3 Å². The van der Waals surface area contributed by atoms with E-state index in [1.165, 1.54) is 31.3 Å². The molecule has 31 heavy (non-hydrogen) atoms. The number of aromatic nitrogens is 1. The number of anilines is 1. The molecule has 2 aromatic rings. The normalized spacial score (nSPS) is 23.6. The molecule has 3 N–H and O–H groups in total. The Morgan fingerprint density at radius 1 is 1.23 bits per heavy atom. The van der Waals surface area contributed by atoms with Gasteiger partial charge in [-0.25, -0.2) is 13.2 Å². The zero-order valence-corrected chi connectivity index (χ0v) is 17.1. The second-order valence-electron chi connectivity index (χ2n) is 8.26. The third-order valence-electron chi connectivity index (χ3n) is 6.27. The van der Waals surface area contributed by atoms with Gasteiger partial charge < -0.3 is 20.5 Å². The third-order valence-corrected chi connectivity index (χ3v) is 6.27. The highest BCUT2D eigenvalue weighted by Crippen LogP contribution is 2.31. The van der Waals surface area contributed by atoms with Gasteiger partial charge in [-0.3, -0.25) is 9.59 Å². The summed E-state index contributed by atoms with van der Waals surface area (Å²) in [6, 6.07) is 4.36. The summed E-state index contributed by atoms with van der Waals surface area (Å²) in [5.74, 6) is -1.09. The molecule has 6 nitrogen and oxygen atoms in total. The number of nitrogens with one attached hydrogen (secondary N) is 3. The number of hydrogen-bond acceptors (Lipinski definition) is 4. The Morgan fingerprint density at radius 2 is 1.94 bits per heavy atom. The van der Waals surface area contributed by atoms with Crippen molar-refractivity contribution in [2.24, 2.45) is 5.92 Å². The SMILES string of the molecule is C[C@@H](NC(=O)c1c[nH]c(=O)cc1N[C@H]1CN2CCC1CC2)c1cccc(C(F)F)c1F. The molecule has 0 aliphatic carbocycles. The van der Waals surface area contributed by atoms with Crippen LogP contribution in [0.4, 0.5) is 18.9 Å². The summed E-state index contributed by atoms with van der Waals surface area (Å²) < 4.78 is 40.5. The van der Waals surface area contributed by atoms with Gasteiger partial charge >= 0.3 is 0 Å². The first-order valence-electron chi connectivity index (χ1n) is 10.4. The number of piperidine rings is 3. The zero-order chi connectivity index (χ0) is 22.1. The quantitative estimate of drug-likeness (QED) is 0.651. The number of carbonyl (C=O) groups excluding carboxylic acids is 1. The minimum atomic E-state index is -2.94. The zero-order valence-electron chi connectivity index (χ0n) is 17.1. The number of hydrogen-bond donors (Lipinski definition) is 3. The van der Waals surface area contributed by atoms with Crippen molar-refractivity contribution in [3.05, 3.63) is 63.3 Å². The summed E-state index contributed by atoms with van der Waals surface area (Å²) in [5.41, 5.74) is -0.443. The number of aromatic amines is 1. The fraction of sp³-hybridized carbons (Fsp3) is 0.455. The second-order valence-corrected chi connectivity index (χ2v) is 8.26. The van der Waals surface area contributed by atoms with E-state index in [0.29, 0.717) is 11.6 Å². The Balaban J connectivity index is 1.54. The van der Waals surface area contributed by atoms with E-state index in [-0.39, 0.29) is 22.7 Å². The van der Waals surface area contributed by atoms with Crippen LogP contribution in [0.1, 0.15) is 53.7 Å². The highest BCUT2D eigenvalue weighted by molar-refractivity contribution is 5.99. The molecule has 3 fully saturated rings. The molecular formula is C22H25F3N4O2. The molecule has 3 aliphatic rings. The maximum Gasteiger partial charge on any atom is 0.266 e. The van der Waals surface area contributed by atoms with E-state index in [0.717, 1.165) is 38.5 Å². The maximum atomic E-state index is 14.5. The van der Waals surface area contributed by atoms with Crippen LogP contribution >= 0.6 is 0 Å². The molecule has 5 rings (SSSR count). The number of H-pyrrole nitrogens is 1. The molecule has 0 radical (unpaired) electrons. The van der Waals surface area contributed by atoms with E-state index in [2.05, 4.69) is 20.5 Å². The molecule has 166 valence electrons. The summed E-state index contributed by atoms with van der Waals surface area (Å²) in [6.45, 7) is 4.50. The van der Waals surface area contributed by atoms with Crippen LogP contribution in [0.3, 0.4) is 0 Å². The van der Waals surface area contributed by atoms with Crippen molar-refractivity contribution in [2.75, 3.05) is 25.0 Å². The molecule has 2 bridgehead atoms. The van der Waals surface area contributed by atoms with Gasteiger partial charge in [-0.05, 0) is 38.8 Å².